The molecule has 1 aromatic carbocycles. The van der Waals surface area contributed by atoms with Gasteiger partial charge in [-0.1, -0.05) is 12.1 Å². The summed E-state index contributed by atoms with van der Waals surface area (Å²) in [5, 5.41) is 3.89. The van der Waals surface area contributed by atoms with Crippen LogP contribution in [0.4, 0.5) is 0 Å². The van der Waals surface area contributed by atoms with Gasteiger partial charge in [-0.05, 0) is 26.0 Å². The number of benzene rings is 1. The first-order valence-electron chi connectivity index (χ1n) is 9.92. The number of aromatic nitrogens is 1. The molecule has 2 heterocycles. The lowest BCUT2D eigenvalue weighted by Gasteiger charge is -2.34. The number of hydrogen-bond acceptors (Lipinski definition) is 6. The first-order chi connectivity index (χ1) is 13.6. The SMILES string of the molecule is CCNC(=O)CN(CC)C(=O)CN1CCN(Cc2nc3ccccc3s2)CC1. The van der Waals surface area contributed by atoms with Gasteiger partial charge in [-0.2, -0.15) is 0 Å². The number of rotatable bonds is 8. The summed E-state index contributed by atoms with van der Waals surface area (Å²) in [6.45, 7) is 9.86. The largest absolute Gasteiger partial charge is 0.355 e. The van der Waals surface area contributed by atoms with Crippen LogP contribution < -0.4 is 5.32 Å². The molecule has 0 spiro atoms. The van der Waals surface area contributed by atoms with Crippen LogP contribution in [0.15, 0.2) is 24.3 Å². The number of piperazine rings is 1. The summed E-state index contributed by atoms with van der Waals surface area (Å²) in [7, 11) is 0. The van der Waals surface area contributed by atoms with E-state index in [9.17, 15) is 9.59 Å². The highest BCUT2D eigenvalue weighted by molar-refractivity contribution is 7.18. The topological polar surface area (TPSA) is 68.8 Å². The molecule has 3 rings (SSSR count). The Morgan fingerprint density at radius 1 is 1.14 bits per heavy atom. The molecule has 1 aliphatic rings. The third-order valence-corrected chi connectivity index (χ3v) is 5.98. The Hall–Kier alpha value is -2.03. The van der Waals surface area contributed by atoms with Gasteiger partial charge in [0.1, 0.15) is 5.01 Å². The van der Waals surface area contributed by atoms with Crippen LogP contribution in [0.3, 0.4) is 0 Å². The van der Waals surface area contributed by atoms with Gasteiger partial charge in [0.15, 0.2) is 0 Å². The fourth-order valence-electron chi connectivity index (χ4n) is 3.38. The number of para-hydroxylation sites is 1. The molecular formula is C20H29N5O2S. The Balaban J connectivity index is 1.45. The number of thiazole rings is 1. The molecule has 2 aromatic rings. The molecule has 1 aromatic heterocycles. The van der Waals surface area contributed by atoms with Crippen LogP contribution in [0.2, 0.25) is 0 Å². The van der Waals surface area contributed by atoms with Crippen LogP contribution in [0.5, 0.6) is 0 Å². The highest BCUT2D eigenvalue weighted by Gasteiger charge is 2.23. The quantitative estimate of drug-likeness (QED) is 0.722. The third-order valence-electron chi connectivity index (χ3n) is 4.96. The van der Waals surface area contributed by atoms with Crippen LogP contribution in [0.25, 0.3) is 10.2 Å². The Labute approximate surface area is 170 Å². The van der Waals surface area contributed by atoms with E-state index >= 15 is 0 Å². The maximum Gasteiger partial charge on any atom is 0.239 e. The molecule has 0 atom stereocenters. The van der Waals surface area contributed by atoms with Crippen molar-refractivity contribution in [2.24, 2.45) is 0 Å². The van der Waals surface area contributed by atoms with Crippen LogP contribution in [-0.2, 0) is 16.1 Å². The average molecular weight is 404 g/mol. The van der Waals surface area contributed by atoms with E-state index in [4.69, 9.17) is 4.98 Å². The lowest BCUT2D eigenvalue weighted by atomic mass is 10.3. The predicted molar refractivity (Wildman–Crippen MR) is 112 cm³/mol. The van der Waals surface area contributed by atoms with Gasteiger partial charge >= 0.3 is 0 Å². The normalized spacial score (nSPS) is 15.6. The van der Waals surface area contributed by atoms with Crippen LogP contribution in [-0.4, -0.2) is 83.9 Å². The molecule has 1 fully saturated rings. The zero-order chi connectivity index (χ0) is 19.9. The number of carbonyl (C=O) groups is 2. The summed E-state index contributed by atoms with van der Waals surface area (Å²) in [6.07, 6.45) is 0. The van der Waals surface area contributed by atoms with Gasteiger partial charge in [0.05, 0.1) is 29.9 Å². The van der Waals surface area contributed by atoms with Gasteiger partial charge in [-0.15, -0.1) is 11.3 Å². The number of carbonyl (C=O) groups excluding carboxylic acids is 2. The molecule has 0 aliphatic carbocycles. The van der Waals surface area contributed by atoms with Crippen molar-refractivity contribution in [1.29, 1.82) is 0 Å². The van der Waals surface area contributed by atoms with Crippen molar-refractivity contribution >= 4 is 33.4 Å². The smallest absolute Gasteiger partial charge is 0.239 e. The Morgan fingerprint density at radius 3 is 2.54 bits per heavy atom. The first-order valence-corrected chi connectivity index (χ1v) is 10.7. The number of fused-ring (bicyclic) bond motifs is 1. The van der Waals surface area contributed by atoms with E-state index in [-0.39, 0.29) is 18.4 Å². The molecule has 0 radical (unpaired) electrons. The molecule has 0 unspecified atom stereocenters. The highest BCUT2D eigenvalue weighted by Crippen LogP contribution is 2.22. The van der Waals surface area contributed by atoms with Crippen LogP contribution in [0.1, 0.15) is 18.9 Å². The maximum absolute atomic E-state index is 12.5. The molecule has 1 N–H and O–H groups in total. The van der Waals surface area contributed by atoms with Crippen molar-refractivity contribution in [3.8, 4) is 0 Å². The van der Waals surface area contributed by atoms with Gasteiger partial charge in [0, 0.05) is 39.3 Å². The number of amides is 2. The van der Waals surface area contributed by atoms with E-state index in [0.29, 0.717) is 19.6 Å². The zero-order valence-corrected chi connectivity index (χ0v) is 17.5. The standard InChI is InChI=1S/C20H29N5O2S/c1-3-21-18(26)13-25(4-2)20(27)15-24-11-9-23(10-12-24)14-19-22-16-7-5-6-8-17(16)28-19/h5-8H,3-4,9-15H2,1-2H3,(H,21,26). The number of nitrogens with one attached hydrogen (secondary N) is 1. The first kappa shape index (κ1) is 20.7. The maximum atomic E-state index is 12.5. The van der Waals surface area contributed by atoms with Crippen molar-refractivity contribution in [1.82, 2.24) is 25.0 Å². The van der Waals surface area contributed by atoms with E-state index in [0.717, 1.165) is 43.2 Å². The van der Waals surface area contributed by atoms with E-state index in [1.807, 2.05) is 26.0 Å². The fraction of sp³-hybridized carbons (Fsp3) is 0.550. The summed E-state index contributed by atoms with van der Waals surface area (Å²) in [6, 6.07) is 8.23. The monoisotopic (exact) mass is 403 g/mol. The van der Waals surface area contributed by atoms with Crippen LogP contribution in [0, 0.1) is 0 Å². The van der Waals surface area contributed by atoms with Crippen molar-refractivity contribution < 1.29 is 9.59 Å². The lowest BCUT2D eigenvalue weighted by Crippen LogP contribution is -2.50. The average Bonchev–Trinajstić information content (AvgIpc) is 3.10. The molecule has 0 saturated carbocycles. The zero-order valence-electron chi connectivity index (χ0n) is 16.7. The molecule has 1 saturated heterocycles. The van der Waals surface area contributed by atoms with Crippen molar-refractivity contribution in [3.63, 3.8) is 0 Å². The Bertz CT molecular complexity index is 768. The van der Waals surface area contributed by atoms with Crippen molar-refractivity contribution in [2.45, 2.75) is 20.4 Å². The summed E-state index contributed by atoms with van der Waals surface area (Å²) in [4.78, 5) is 35.2. The molecule has 152 valence electrons. The van der Waals surface area contributed by atoms with E-state index in [1.165, 1.54) is 4.70 Å². The van der Waals surface area contributed by atoms with Crippen LogP contribution >= 0.6 is 11.3 Å². The molecule has 2 amide bonds. The molecule has 7 nitrogen and oxygen atoms in total. The Morgan fingerprint density at radius 2 is 1.86 bits per heavy atom. The van der Waals surface area contributed by atoms with Gasteiger partial charge in [-0.25, -0.2) is 4.98 Å². The molecular weight excluding hydrogens is 374 g/mol. The number of likely N-dealkylation sites (N-methyl/N-ethyl adjacent to an activating group) is 2. The summed E-state index contributed by atoms with van der Waals surface area (Å²) in [5.74, 6) is -0.0771. The van der Waals surface area contributed by atoms with Gasteiger partial charge in [0.2, 0.25) is 11.8 Å². The minimum atomic E-state index is -0.0987. The second kappa shape index (κ2) is 9.95. The fourth-order valence-corrected chi connectivity index (χ4v) is 4.39. The minimum absolute atomic E-state index is 0.0216. The number of hydrogen-bond donors (Lipinski definition) is 1. The van der Waals surface area contributed by atoms with Crippen molar-refractivity contribution in [3.05, 3.63) is 29.3 Å². The Kier molecular flexibility index (Phi) is 7.36. The van der Waals surface area contributed by atoms with E-state index in [1.54, 1.807) is 16.2 Å². The molecule has 8 heteroatoms. The summed E-state index contributed by atoms with van der Waals surface area (Å²) < 4.78 is 1.23. The lowest BCUT2D eigenvalue weighted by molar-refractivity contribution is -0.137. The van der Waals surface area contributed by atoms with Crippen molar-refractivity contribution in [2.75, 3.05) is 52.4 Å². The van der Waals surface area contributed by atoms with Gasteiger partial charge in [0.25, 0.3) is 0 Å². The van der Waals surface area contributed by atoms with E-state index < -0.39 is 0 Å². The highest BCUT2D eigenvalue weighted by atomic mass is 32.1. The summed E-state index contributed by atoms with van der Waals surface area (Å²) in [5.41, 5.74) is 1.07. The predicted octanol–water partition coefficient (Wildman–Crippen LogP) is 1.40. The summed E-state index contributed by atoms with van der Waals surface area (Å²) >= 11 is 1.75. The second-order valence-corrected chi connectivity index (χ2v) is 8.10. The molecule has 28 heavy (non-hydrogen) atoms. The van der Waals surface area contributed by atoms with Gasteiger partial charge < -0.3 is 10.2 Å². The van der Waals surface area contributed by atoms with E-state index in [2.05, 4.69) is 27.2 Å². The minimum Gasteiger partial charge on any atom is -0.355 e. The molecule has 0 bridgehead atoms. The second-order valence-electron chi connectivity index (χ2n) is 6.99. The molecule has 1 aliphatic heterocycles. The third kappa shape index (κ3) is 5.50. The number of nitrogens with zero attached hydrogens (tertiary/aromatic N) is 4. The van der Waals surface area contributed by atoms with Gasteiger partial charge in [-0.3, -0.25) is 19.4 Å².